The van der Waals surface area contributed by atoms with Gasteiger partial charge in [0.25, 0.3) is 0 Å². The van der Waals surface area contributed by atoms with Crippen molar-refractivity contribution in [3.8, 4) is 0 Å². The third-order valence-corrected chi connectivity index (χ3v) is 4.30. The average Bonchev–Trinajstić information content (AvgIpc) is 2.94. The summed E-state index contributed by atoms with van der Waals surface area (Å²) in [7, 11) is 0. The number of benzene rings is 1. The number of amides is 1. The molecule has 2 aliphatic rings. The second-order valence-corrected chi connectivity index (χ2v) is 5.60. The minimum Gasteiger partial charge on any atom is -0.343 e. The van der Waals surface area contributed by atoms with Crippen LogP contribution in [0.3, 0.4) is 0 Å². The smallest absolute Gasteiger partial charge is 0.222 e. The fourth-order valence-electron chi connectivity index (χ4n) is 3.18. The zero-order chi connectivity index (χ0) is 13.1. The van der Waals surface area contributed by atoms with Gasteiger partial charge in [0.15, 0.2) is 0 Å². The molecule has 0 aromatic heterocycles. The van der Waals surface area contributed by atoms with Gasteiger partial charge < -0.3 is 10.2 Å². The van der Waals surface area contributed by atoms with Crippen molar-refractivity contribution in [3.63, 3.8) is 0 Å². The van der Waals surface area contributed by atoms with Crippen LogP contribution in [-0.2, 0) is 24.3 Å². The summed E-state index contributed by atoms with van der Waals surface area (Å²) in [6, 6.07) is 6.48. The number of carbonyl (C=O) groups excluding carboxylic acids is 1. The molecule has 1 fully saturated rings. The van der Waals surface area contributed by atoms with E-state index in [1.165, 1.54) is 36.0 Å². The zero-order valence-corrected chi connectivity index (χ0v) is 11.5. The van der Waals surface area contributed by atoms with Gasteiger partial charge in [-0.2, -0.15) is 0 Å². The maximum absolute atomic E-state index is 12.2. The van der Waals surface area contributed by atoms with Crippen molar-refractivity contribution in [2.45, 2.75) is 45.2 Å². The molecule has 3 rings (SSSR count). The van der Waals surface area contributed by atoms with Crippen molar-refractivity contribution in [2.75, 3.05) is 13.1 Å². The van der Waals surface area contributed by atoms with Crippen LogP contribution in [0.2, 0.25) is 0 Å². The number of aryl methyl sites for hydroxylation is 1. The van der Waals surface area contributed by atoms with Gasteiger partial charge in [0.2, 0.25) is 5.91 Å². The van der Waals surface area contributed by atoms with Crippen LogP contribution in [0.15, 0.2) is 18.2 Å². The lowest BCUT2D eigenvalue weighted by molar-refractivity contribution is -0.132. The van der Waals surface area contributed by atoms with Gasteiger partial charge in [-0.25, -0.2) is 0 Å². The number of carbonyl (C=O) groups is 1. The number of hydrogen-bond donors (Lipinski definition) is 1. The summed E-state index contributed by atoms with van der Waals surface area (Å²) in [4.78, 5) is 14.2. The van der Waals surface area contributed by atoms with Gasteiger partial charge in [-0.3, -0.25) is 4.79 Å². The summed E-state index contributed by atoms with van der Waals surface area (Å²) in [6.07, 6.45) is 5.19. The molecule has 0 saturated carbocycles. The second-order valence-electron chi connectivity index (χ2n) is 5.60. The molecule has 0 spiro atoms. The minimum atomic E-state index is 0.336. The summed E-state index contributed by atoms with van der Waals surface area (Å²) in [6.45, 7) is 3.87. The second kappa shape index (κ2) is 5.74. The highest BCUT2D eigenvalue weighted by atomic mass is 16.2. The molecule has 1 aromatic carbocycles. The highest BCUT2D eigenvalue weighted by Crippen LogP contribution is 2.21. The van der Waals surface area contributed by atoms with Crippen LogP contribution in [0.4, 0.5) is 0 Å². The minimum absolute atomic E-state index is 0.336. The van der Waals surface area contributed by atoms with Crippen LogP contribution < -0.4 is 5.32 Å². The Kier molecular flexibility index (Phi) is 3.83. The van der Waals surface area contributed by atoms with E-state index in [4.69, 9.17) is 0 Å². The number of nitrogens with zero attached hydrogens (tertiary/aromatic N) is 1. The monoisotopic (exact) mass is 258 g/mol. The average molecular weight is 258 g/mol. The number of fused-ring (bicyclic) bond motifs is 1. The van der Waals surface area contributed by atoms with E-state index in [1.807, 2.05) is 4.90 Å². The van der Waals surface area contributed by atoms with Crippen molar-refractivity contribution in [1.29, 1.82) is 0 Å². The van der Waals surface area contributed by atoms with Gasteiger partial charge in [-0.15, -0.1) is 0 Å². The molecule has 1 amide bonds. The summed E-state index contributed by atoms with van der Waals surface area (Å²) in [5, 5.41) is 3.38. The Morgan fingerprint density at radius 2 is 2.00 bits per heavy atom. The molecule has 1 aromatic rings. The van der Waals surface area contributed by atoms with Crippen LogP contribution >= 0.6 is 0 Å². The number of piperidine rings is 1. The normalized spacial score (nSPS) is 18.4. The first-order chi connectivity index (χ1) is 9.34. The fourth-order valence-corrected chi connectivity index (χ4v) is 3.18. The molecule has 1 saturated heterocycles. The molecule has 3 nitrogen and oxygen atoms in total. The van der Waals surface area contributed by atoms with E-state index in [0.717, 1.165) is 32.6 Å². The Balaban J connectivity index is 1.60. The Morgan fingerprint density at radius 1 is 1.16 bits per heavy atom. The number of nitrogens with one attached hydrogen (secondary N) is 1. The molecule has 0 aliphatic carbocycles. The van der Waals surface area contributed by atoms with Gasteiger partial charge in [0, 0.05) is 32.6 Å². The van der Waals surface area contributed by atoms with Gasteiger partial charge in [-0.05, 0) is 42.4 Å². The largest absolute Gasteiger partial charge is 0.343 e. The Labute approximate surface area is 115 Å². The number of likely N-dealkylation sites (tertiary alicyclic amines) is 1. The van der Waals surface area contributed by atoms with E-state index in [-0.39, 0.29) is 0 Å². The SMILES string of the molecule is O=C(CCc1cccc2c1CNC2)N1CCCCC1. The van der Waals surface area contributed by atoms with Crippen LogP contribution in [0, 0.1) is 0 Å². The highest BCUT2D eigenvalue weighted by Gasteiger charge is 2.18. The lowest BCUT2D eigenvalue weighted by Gasteiger charge is -2.26. The predicted octanol–water partition coefficient (Wildman–Crippen LogP) is 2.23. The first-order valence-electron chi connectivity index (χ1n) is 7.43. The highest BCUT2D eigenvalue weighted by molar-refractivity contribution is 5.76. The summed E-state index contributed by atoms with van der Waals surface area (Å²) in [5.74, 6) is 0.336. The predicted molar refractivity (Wildman–Crippen MR) is 75.7 cm³/mol. The fraction of sp³-hybridized carbons (Fsp3) is 0.562. The van der Waals surface area contributed by atoms with Crippen LogP contribution in [0.5, 0.6) is 0 Å². The molecule has 1 N–H and O–H groups in total. The van der Waals surface area contributed by atoms with Crippen LogP contribution in [0.1, 0.15) is 42.4 Å². The third-order valence-electron chi connectivity index (χ3n) is 4.30. The van der Waals surface area contributed by atoms with Gasteiger partial charge in [-0.1, -0.05) is 18.2 Å². The van der Waals surface area contributed by atoms with E-state index in [1.54, 1.807) is 0 Å². The standard InChI is InChI=1S/C16H22N2O/c19-16(18-9-2-1-3-10-18)8-7-13-5-4-6-14-11-17-12-15(13)14/h4-6,17H,1-3,7-12H2. The maximum Gasteiger partial charge on any atom is 0.222 e. The lowest BCUT2D eigenvalue weighted by Crippen LogP contribution is -2.35. The third kappa shape index (κ3) is 2.81. The van der Waals surface area contributed by atoms with Crippen molar-refractivity contribution in [1.82, 2.24) is 10.2 Å². The van der Waals surface area contributed by atoms with E-state index in [0.29, 0.717) is 12.3 Å². The van der Waals surface area contributed by atoms with Crippen molar-refractivity contribution in [3.05, 3.63) is 34.9 Å². The molecular weight excluding hydrogens is 236 g/mol. The topological polar surface area (TPSA) is 32.3 Å². The quantitative estimate of drug-likeness (QED) is 0.901. The van der Waals surface area contributed by atoms with Gasteiger partial charge >= 0.3 is 0 Å². The molecule has 2 aliphatic heterocycles. The van der Waals surface area contributed by atoms with E-state index in [9.17, 15) is 4.79 Å². The van der Waals surface area contributed by atoms with E-state index in [2.05, 4.69) is 23.5 Å². The van der Waals surface area contributed by atoms with E-state index < -0.39 is 0 Å². The zero-order valence-electron chi connectivity index (χ0n) is 11.5. The molecule has 0 radical (unpaired) electrons. The molecule has 0 bridgehead atoms. The van der Waals surface area contributed by atoms with Gasteiger partial charge in [0.05, 0.1) is 0 Å². The molecule has 3 heteroatoms. The molecule has 19 heavy (non-hydrogen) atoms. The van der Waals surface area contributed by atoms with E-state index >= 15 is 0 Å². The Morgan fingerprint density at radius 3 is 2.84 bits per heavy atom. The van der Waals surface area contributed by atoms with Crippen molar-refractivity contribution >= 4 is 5.91 Å². The molecule has 0 unspecified atom stereocenters. The number of hydrogen-bond acceptors (Lipinski definition) is 2. The Bertz CT molecular complexity index is 464. The molecule has 102 valence electrons. The Hall–Kier alpha value is -1.35. The first-order valence-corrected chi connectivity index (χ1v) is 7.43. The first kappa shape index (κ1) is 12.7. The maximum atomic E-state index is 12.2. The van der Waals surface area contributed by atoms with Crippen LogP contribution in [-0.4, -0.2) is 23.9 Å². The van der Waals surface area contributed by atoms with Crippen molar-refractivity contribution < 1.29 is 4.79 Å². The van der Waals surface area contributed by atoms with Crippen LogP contribution in [0.25, 0.3) is 0 Å². The molecule has 0 atom stereocenters. The number of rotatable bonds is 3. The van der Waals surface area contributed by atoms with Crippen molar-refractivity contribution in [2.24, 2.45) is 0 Å². The molecule has 2 heterocycles. The summed E-state index contributed by atoms with van der Waals surface area (Å²) in [5.41, 5.74) is 4.18. The van der Waals surface area contributed by atoms with Gasteiger partial charge in [0.1, 0.15) is 0 Å². The summed E-state index contributed by atoms with van der Waals surface area (Å²) >= 11 is 0. The molecular formula is C16H22N2O. The lowest BCUT2D eigenvalue weighted by atomic mass is 9.99. The summed E-state index contributed by atoms with van der Waals surface area (Å²) < 4.78 is 0.